The zero-order valence-corrected chi connectivity index (χ0v) is 18.5. The number of nitrogens with one attached hydrogen (secondary N) is 1. The Morgan fingerprint density at radius 3 is 2.36 bits per heavy atom. The fourth-order valence-corrected chi connectivity index (χ4v) is 4.65. The number of carbonyl (C=O) groups is 3. The van der Waals surface area contributed by atoms with Crippen LogP contribution in [0.15, 0.2) is 48.5 Å². The van der Waals surface area contributed by atoms with E-state index in [0.29, 0.717) is 19.6 Å². The topological polar surface area (TPSA) is 105 Å². The minimum absolute atomic E-state index is 0.0279. The summed E-state index contributed by atoms with van der Waals surface area (Å²) in [6, 6.07) is 16.0. The van der Waals surface area contributed by atoms with E-state index < -0.39 is 12.1 Å². The molecule has 0 aromatic heterocycles. The Kier molecular flexibility index (Phi) is 6.93. The number of hydrogen-bond acceptors (Lipinski definition) is 5. The lowest BCUT2D eigenvalue weighted by Gasteiger charge is -2.32. The van der Waals surface area contributed by atoms with Gasteiger partial charge < -0.3 is 24.8 Å². The number of aliphatic carboxylic acids is 1. The summed E-state index contributed by atoms with van der Waals surface area (Å²) in [4.78, 5) is 37.1. The number of fused-ring (bicyclic) bond motifs is 3. The molecule has 2 amide bonds. The number of carbonyl (C=O) groups excluding carboxylic acids is 2. The van der Waals surface area contributed by atoms with Gasteiger partial charge in [-0.05, 0) is 28.7 Å². The van der Waals surface area contributed by atoms with Crippen LogP contribution in [-0.2, 0) is 19.1 Å². The fourth-order valence-electron chi connectivity index (χ4n) is 4.65. The van der Waals surface area contributed by atoms with Gasteiger partial charge in [0.05, 0.1) is 6.61 Å². The lowest BCUT2D eigenvalue weighted by atomic mass is 9.92. The van der Waals surface area contributed by atoms with E-state index in [2.05, 4.69) is 29.6 Å². The van der Waals surface area contributed by atoms with Crippen LogP contribution in [0, 0.1) is 5.92 Å². The van der Waals surface area contributed by atoms with Crippen LogP contribution in [0.2, 0.25) is 0 Å². The largest absolute Gasteiger partial charge is 0.480 e. The highest BCUT2D eigenvalue weighted by Gasteiger charge is 2.32. The van der Waals surface area contributed by atoms with Crippen LogP contribution >= 0.6 is 0 Å². The fraction of sp³-hybridized carbons (Fsp3) is 0.400. The summed E-state index contributed by atoms with van der Waals surface area (Å²) in [5.74, 6) is -1.64. The maximum Gasteiger partial charge on any atom is 0.407 e. The second-order valence-corrected chi connectivity index (χ2v) is 8.55. The first-order chi connectivity index (χ1) is 15.9. The van der Waals surface area contributed by atoms with Crippen LogP contribution in [0.5, 0.6) is 0 Å². The van der Waals surface area contributed by atoms with Gasteiger partial charge in [-0.3, -0.25) is 9.59 Å². The Hall–Kier alpha value is -3.39. The predicted octanol–water partition coefficient (Wildman–Crippen LogP) is 2.86. The molecule has 8 heteroatoms. The number of amides is 2. The number of hydrogen-bond donors (Lipinski definition) is 2. The molecule has 33 heavy (non-hydrogen) atoms. The van der Waals surface area contributed by atoms with Crippen molar-refractivity contribution in [2.24, 2.45) is 5.92 Å². The van der Waals surface area contributed by atoms with Crippen molar-refractivity contribution >= 4 is 18.0 Å². The van der Waals surface area contributed by atoms with Gasteiger partial charge >= 0.3 is 12.1 Å². The van der Waals surface area contributed by atoms with E-state index in [0.717, 1.165) is 22.3 Å². The molecule has 1 heterocycles. The minimum Gasteiger partial charge on any atom is -0.480 e. The molecular formula is C25H28N2O6. The van der Waals surface area contributed by atoms with Crippen LogP contribution in [-0.4, -0.2) is 67.4 Å². The number of likely N-dealkylation sites (N-methyl/N-ethyl adjacent to an activating group) is 1. The van der Waals surface area contributed by atoms with Crippen molar-refractivity contribution < 1.29 is 29.0 Å². The molecule has 174 valence electrons. The number of nitrogens with zero attached hydrogens (tertiary/aromatic N) is 1. The molecule has 0 spiro atoms. The van der Waals surface area contributed by atoms with Gasteiger partial charge in [0.15, 0.2) is 0 Å². The summed E-state index contributed by atoms with van der Waals surface area (Å²) in [7, 11) is 1.45. The van der Waals surface area contributed by atoms with Gasteiger partial charge in [0, 0.05) is 38.0 Å². The van der Waals surface area contributed by atoms with E-state index in [4.69, 9.17) is 14.6 Å². The maximum atomic E-state index is 12.7. The molecule has 1 saturated heterocycles. The highest BCUT2D eigenvalue weighted by molar-refractivity contribution is 5.81. The number of rotatable bonds is 7. The van der Waals surface area contributed by atoms with Crippen molar-refractivity contribution in [1.29, 1.82) is 0 Å². The zero-order valence-electron chi connectivity index (χ0n) is 18.5. The molecule has 4 rings (SSSR count). The molecule has 0 radical (unpaired) electrons. The number of benzene rings is 2. The van der Waals surface area contributed by atoms with Gasteiger partial charge in [-0.25, -0.2) is 4.79 Å². The Labute approximate surface area is 192 Å². The predicted molar refractivity (Wildman–Crippen MR) is 121 cm³/mol. The lowest BCUT2D eigenvalue weighted by molar-refractivity contribution is -0.144. The molecule has 1 aliphatic carbocycles. The highest BCUT2D eigenvalue weighted by Crippen LogP contribution is 2.44. The molecule has 2 aromatic rings. The molecule has 0 saturated carbocycles. The highest BCUT2D eigenvalue weighted by atomic mass is 16.5. The van der Waals surface area contributed by atoms with Gasteiger partial charge in [-0.1, -0.05) is 48.5 Å². The summed E-state index contributed by atoms with van der Waals surface area (Å²) in [5.41, 5.74) is 4.61. The van der Waals surface area contributed by atoms with Crippen LogP contribution in [0.1, 0.15) is 29.9 Å². The minimum atomic E-state index is -1.07. The Balaban J connectivity index is 1.36. The van der Waals surface area contributed by atoms with E-state index in [9.17, 15) is 14.4 Å². The summed E-state index contributed by atoms with van der Waals surface area (Å²) >= 11 is 0. The van der Waals surface area contributed by atoms with Crippen molar-refractivity contribution in [2.45, 2.75) is 24.8 Å². The van der Waals surface area contributed by atoms with Gasteiger partial charge in [0.1, 0.15) is 13.2 Å². The number of alkyl carbamates (subject to hydrolysis) is 1. The van der Waals surface area contributed by atoms with Crippen molar-refractivity contribution in [3.63, 3.8) is 0 Å². The third-order valence-electron chi connectivity index (χ3n) is 6.36. The first kappa shape index (κ1) is 22.8. The Morgan fingerprint density at radius 1 is 1.09 bits per heavy atom. The summed E-state index contributed by atoms with van der Waals surface area (Å²) < 4.78 is 11.1. The molecule has 2 unspecified atom stereocenters. The normalized spacial score (nSPS) is 19.3. The average Bonchev–Trinajstić information content (AvgIpc) is 3.12. The third-order valence-corrected chi connectivity index (χ3v) is 6.36. The van der Waals surface area contributed by atoms with E-state index in [1.807, 2.05) is 24.3 Å². The molecule has 1 fully saturated rings. The molecule has 2 atom stereocenters. The van der Waals surface area contributed by atoms with Crippen LogP contribution < -0.4 is 5.32 Å². The number of carboxylic acid groups (broad SMARTS) is 1. The SMILES string of the molecule is CN(CC(=O)O)C(=O)CC1COCCC1NC(=O)OCC1c2ccccc2-c2ccccc21. The standard InChI is InChI=1S/C25H28N2O6/c1-27(13-24(29)30)23(28)12-16-14-32-11-10-22(16)26-25(31)33-15-21-19-8-4-2-6-17(19)18-7-3-5-9-20(18)21/h2-9,16,21-22H,10-15H2,1H3,(H,26,31)(H,29,30). The first-order valence-electron chi connectivity index (χ1n) is 11.1. The third kappa shape index (κ3) is 5.17. The second kappa shape index (κ2) is 10.0. The van der Waals surface area contributed by atoms with Gasteiger partial charge in [-0.15, -0.1) is 0 Å². The quantitative estimate of drug-likeness (QED) is 0.669. The zero-order chi connectivity index (χ0) is 23.4. The second-order valence-electron chi connectivity index (χ2n) is 8.55. The smallest absolute Gasteiger partial charge is 0.407 e. The first-order valence-corrected chi connectivity index (χ1v) is 11.1. The average molecular weight is 453 g/mol. The lowest BCUT2D eigenvalue weighted by Crippen LogP contribution is -2.47. The van der Waals surface area contributed by atoms with Crippen molar-refractivity contribution in [3.05, 3.63) is 59.7 Å². The van der Waals surface area contributed by atoms with Gasteiger partial charge in [0.25, 0.3) is 0 Å². The molecule has 1 aliphatic heterocycles. The van der Waals surface area contributed by atoms with E-state index in [1.165, 1.54) is 11.9 Å². The molecule has 2 aromatic carbocycles. The summed E-state index contributed by atoms with van der Waals surface area (Å²) in [5, 5.41) is 11.8. The number of ether oxygens (including phenoxy) is 2. The van der Waals surface area contributed by atoms with E-state index in [1.54, 1.807) is 0 Å². The summed E-state index contributed by atoms with van der Waals surface area (Å²) in [6.45, 7) is 0.649. The molecule has 8 nitrogen and oxygen atoms in total. The van der Waals surface area contributed by atoms with Crippen molar-refractivity contribution in [2.75, 3.05) is 33.4 Å². The van der Waals surface area contributed by atoms with Crippen LogP contribution in [0.3, 0.4) is 0 Å². The number of carboxylic acids is 1. The Bertz CT molecular complexity index is 994. The van der Waals surface area contributed by atoms with Crippen molar-refractivity contribution in [1.82, 2.24) is 10.2 Å². The molecule has 2 aliphatic rings. The van der Waals surface area contributed by atoms with Crippen LogP contribution in [0.4, 0.5) is 4.79 Å². The van der Waals surface area contributed by atoms with Crippen LogP contribution in [0.25, 0.3) is 11.1 Å². The molecule has 0 bridgehead atoms. The van der Waals surface area contributed by atoms with E-state index >= 15 is 0 Å². The molecular weight excluding hydrogens is 424 g/mol. The molecule has 2 N–H and O–H groups in total. The van der Waals surface area contributed by atoms with Crippen molar-refractivity contribution in [3.8, 4) is 11.1 Å². The maximum absolute atomic E-state index is 12.7. The van der Waals surface area contributed by atoms with E-state index in [-0.39, 0.29) is 43.4 Å². The summed E-state index contributed by atoms with van der Waals surface area (Å²) in [6.07, 6.45) is 0.128. The monoisotopic (exact) mass is 452 g/mol. The van der Waals surface area contributed by atoms with Gasteiger partial charge in [-0.2, -0.15) is 0 Å². The van der Waals surface area contributed by atoms with Gasteiger partial charge in [0.2, 0.25) is 5.91 Å². The Morgan fingerprint density at radius 2 is 1.73 bits per heavy atom.